The fourth-order valence-corrected chi connectivity index (χ4v) is 3.65. The van der Waals surface area contributed by atoms with Gasteiger partial charge in [-0.2, -0.15) is 0 Å². The molecule has 0 amide bonds. The van der Waals surface area contributed by atoms with Gasteiger partial charge in [-0.25, -0.2) is 4.98 Å². The third-order valence-corrected chi connectivity index (χ3v) is 5.19. The topological polar surface area (TPSA) is 48.3 Å². The molecule has 3 heterocycles. The number of ether oxygens (including phenoxy) is 2. The van der Waals surface area contributed by atoms with E-state index in [1.165, 1.54) is 24.2 Å². The van der Waals surface area contributed by atoms with E-state index in [4.69, 9.17) is 9.47 Å². The fraction of sp³-hybridized carbons (Fsp3) is 0.824. The molecule has 0 bridgehead atoms. The van der Waals surface area contributed by atoms with Crippen molar-refractivity contribution in [1.29, 1.82) is 0 Å². The third-order valence-electron chi connectivity index (χ3n) is 5.19. The first-order chi connectivity index (χ1) is 10.9. The Labute approximate surface area is 132 Å². The van der Waals surface area contributed by atoms with Gasteiger partial charge < -0.3 is 19.4 Å². The molecule has 0 unspecified atom stereocenters. The van der Waals surface area contributed by atoms with Crippen LogP contribution in [0.5, 0.6) is 0 Å². The van der Waals surface area contributed by atoms with Crippen LogP contribution in [0.4, 0.5) is 0 Å². The zero-order valence-corrected chi connectivity index (χ0v) is 13.3. The average Bonchev–Trinajstić information content (AvgIpc) is 3.28. The second kappa shape index (κ2) is 6.69. The van der Waals surface area contributed by atoms with Gasteiger partial charge in [0.2, 0.25) is 0 Å². The number of aromatic nitrogens is 2. The summed E-state index contributed by atoms with van der Waals surface area (Å²) in [4.78, 5) is 4.61. The molecule has 5 nitrogen and oxygen atoms in total. The predicted molar refractivity (Wildman–Crippen MR) is 83.8 cm³/mol. The summed E-state index contributed by atoms with van der Waals surface area (Å²) in [6, 6.07) is 0. The first-order valence-electron chi connectivity index (χ1n) is 8.80. The van der Waals surface area contributed by atoms with Crippen molar-refractivity contribution in [2.45, 2.75) is 44.7 Å². The highest BCUT2D eigenvalue weighted by atomic mass is 16.5. The molecule has 0 radical (unpaired) electrons. The van der Waals surface area contributed by atoms with Crippen molar-refractivity contribution in [3.05, 3.63) is 17.7 Å². The van der Waals surface area contributed by atoms with Crippen molar-refractivity contribution in [2.24, 2.45) is 11.8 Å². The molecule has 1 aliphatic carbocycles. The van der Waals surface area contributed by atoms with Crippen LogP contribution in [0.15, 0.2) is 6.33 Å². The van der Waals surface area contributed by atoms with E-state index in [-0.39, 0.29) is 0 Å². The van der Waals surface area contributed by atoms with Gasteiger partial charge in [-0.3, -0.25) is 0 Å². The number of fused-ring (bicyclic) bond motifs is 1. The predicted octanol–water partition coefficient (Wildman–Crippen LogP) is 1.92. The normalized spacial score (nSPS) is 26.1. The summed E-state index contributed by atoms with van der Waals surface area (Å²) >= 11 is 0. The Kier molecular flexibility index (Phi) is 4.46. The highest BCUT2D eigenvalue weighted by Gasteiger charge is 2.29. The van der Waals surface area contributed by atoms with Gasteiger partial charge in [-0.05, 0) is 37.5 Å². The summed E-state index contributed by atoms with van der Waals surface area (Å²) in [5.74, 6) is 2.02. The molecule has 5 heteroatoms. The van der Waals surface area contributed by atoms with Gasteiger partial charge in [0, 0.05) is 51.1 Å². The number of hydrogen-bond acceptors (Lipinski definition) is 4. The van der Waals surface area contributed by atoms with Crippen LogP contribution in [-0.4, -0.2) is 42.5 Å². The average molecular weight is 305 g/mol. The van der Waals surface area contributed by atoms with E-state index in [1.54, 1.807) is 0 Å². The molecule has 2 aliphatic heterocycles. The van der Waals surface area contributed by atoms with E-state index in [9.17, 15) is 0 Å². The Morgan fingerprint density at radius 2 is 2.05 bits per heavy atom. The van der Waals surface area contributed by atoms with Crippen molar-refractivity contribution in [1.82, 2.24) is 14.9 Å². The molecule has 0 aromatic carbocycles. The summed E-state index contributed by atoms with van der Waals surface area (Å²) in [5, 5.41) is 3.49. The zero-order chi connectivity index (χ0) is 14.8. The number of nitrogens with zero attached hydrogens (tertiary/aromatic N) is 2. The maximum absolute atomic E-state index is 6.08. The van der Waals surface area contributed by atoms with E-state index in [1.807, 2.05) is 6.33 Å². The van der Waals surface area contributed by atoms with E-state index < -0.39 is 0 Å². The molecular weight excluding hydrogens is 278 g/mol. The van der Waals surface area contributed by atoms with Gasteiger partial charge in [-0.1, -0.05) is 0 Å². The number of nitrogens with one attached hydrogen (secondary N) is 1. The van der Waals surface area contributed by atoms with E-state index >= 15 is 0 Å². The van der Waals surface area contributed by atoms with Crippen LogP contribution in [-0.2, 0) is 22.6 Å². The molecular formula is C17H27N3O2. The minimum absolute atomic E-state index is 0.449. The molecule has 0 spiro atoms. The minimum Gasteiger partial charge on any atom is -0.381 e. The van der Waals surface area contributed by atoms with Gasteiger partial charge in [0.05, 0.1) is 18.6 Å². The van der Waals surface area contributed by atoms with Gasteiger partial charge in [-0.15, -0.1) is 0 Å². The third kappa shape index (κ3) is 3.36. The second-order valence-electron chi connectivity index (χ2n) is 7.09. The summed E-state index contributed by atoms with van der Waals surface area (Å²) in [6.07, 6.45) is 7.11. The number of hydrogen-bond donors (Lipinski definition) is 1. The lowest BCUT2D eigenvalue weighted by molar-refractivity contribution is 0.0163. The van der Waals surface area contributed by atoms with Crippen LogP contribution in [0.1, 0.15) is 43.0 Å². The van der Waals surface area contributed by atoms with Crippen LogP contribution in [0.3, 0.4) is 0 Å². The lowest BCUT2D eigenvalue weighted by atomic mass is 9.99. The van der Waals surface area contributed by atoms with E-state index in [0.29, 0.717) is 11.8 Å². The summed E-state index contributed by atoms with van der Waals surface area (Å²) in [7, 11) is 0. The van der Waals surface area contributed by atoms with Crippen molar-refractivity contribution >= 4 is 0 Å². The summed E-state index contributed by atoms with van der Waals surface area (Å²) in [6.45, 7) is 6.56. The summed E-state index contributed by atoms with van der Waals surface area (Å²) < 4.78 is 13.9. The highest BCUT2D eigenvalue weighted by molar-refractivity contribution is 5.22. The Morgan fingerprint density at radius 1 is 1.18 bits per heavy atom. The Morgan fingerprint density at radius 3 is 2.86 bits per heavy atom. The Bertz CT molecular complexity index is 492. The maximum atomic E-state index is 6.08. The smallest absolute Gasteiger partial charge is 0.0952 e. The lowest BCUT2D eigenvalue weighted by Crippen LogP contribution is -2.33. The van der Waals surface area contributed by atoms with Gasteiger partial charge in [0.15, 0.2) is 0 Å². The minimum atomic E-state index is 0.449. The van der Waals surface area contributed by atoms with Crippen LogP contribution < -0.4 is 5.32 Å². The molecule has 1 aromatic rings. The van der Waals surface area contributed by atoms with Crippen molar-refractivity contribution in [3.63, 3.8) is 0 Å². The molecule has 1 atom stereocenters. The molecule has 1 saturated heterocycles. The molecule has 122 valence electrons. The number of rotatable bonds is 6. The lowest BCUT2D eigenvalue weighted by Gasteiger charge is -2.27. The molecule has 4 rings (SSSR count). The number of imidazole rings is 1. The van der Waals surface area contributed by atoms with E-state index in [0.717, 1.165) is 64.8 Å². The van der Waals surface area contributed by atoms with Gasteiger partial charge in [0.1, 0.15) is 0 Å². The molecule has 1 saturated carbocycles. The second-order valence-corrected chi connectivity index (χ2v) is 7.09. The van der Waals surface area contributed by atoms with Crippen LogP contribution in [0, 0.1) is 11.8 Å². The van der Waals surface area contributed by atoms with Gasteiger partial charge in [0.25, 0.3) is 0 Å². The maximum Gasteiger partial charge on any atom is 0.0952 e. The zero-order valence-electron chi connectivity index (χ0n) is 13.3. The van der Waals surface area contributed by atoms with Crippen LogP contribution in [0.2, 0.25) is 0 Å². The van der Waals surface area contributed by atoms with Gasteiger partial charge >= 0.3 is 0 Å². The first-order valence-corrected chi connectivity index (χ1v) is 8.80. The van der Waals surface area contributed by atoms with E-state index in [2.05, 4.69) is 14.9 Å². The summed E-state index contributed by atoms with van der Waals surface area (Å²) in [5.41, 5.74) is 2.66. The monoisotopic (exact) mass is 305 g/mol. The largest absolute Gasteiger partial charge is 0.381 e. The molecule has 1 aromatic heterocycles. The molecule has 3 aliphatic rings. The standard InChI is InChI=1S/C17H27N3O2/c1-2-13(1)9-20-12-19-16-8-18-7-15(17(16)20)11-22-10-14-3-5-21-6-4-14/h12-15,18H,1-11H2/t15-/m0/s1. The molecule has 2 fully saturated rings. The molecule has 1 N–H and O–H groups in total. The first kappa shape index (κ1) is 14.7. The van der Waals surface area contributed by atoms with Crippen molar-refractivity contribution in [3.8, 4) is 0 Å². The Hall–Kier alpha value is -0.910. The quantitative estimate of drug-likeness (QED) is 0.872. The van der Waals surface area contributed by atoms with Crippen molar-refractivity contribution < 1.29 is 9.47 Å². The SMILES string of the molecule is c1nc2c(n1CC1CC1)[C@H](COCC1CCOCC1)CNC2. The van der Waals surface area contributed by atoms with Crippen LogP contribution in [0.25, 0.3) is 0 Å². The highest BCUT2D eigenvalue weighted by Crippen LogP contribution is 2.33. The van der Waals surface area contributed by atoms with Crippen molar-refractivity contribution in [2.75, 3.05) is 33.0 Å². The Balaban J connectivity index is 1.35. The fourth-order valence-electron chi connectivity index (χ4n) is 3.65. The van der Waals surface area contributed by atoms with Crippen LogP contribution >= 0.6 is 0 Å². The molecule has 22 heavy (non-hydrogen) atoms.